The van der Waals surface area contributed by atoms with Gasteiger partial charge in [0.15, 0.2) is 17.7 Å². The van der Waals surface area contributed by atoms with E-state index < -0.39 is 19.4 Å². The van der Waals surface area contributed by atoms with E-state index in [1.54, 1.807) is 4.57 Å². The van der Waals surface area contributed by atoms with Gasteiger partial charge in [0, 0.05) is 13.0 Å². The fraction of sp³-hybridized carbons (Fsp3) is 0.615. The number of aromatic nitrogens is 4. The Morgan fingerprint density at radius 3 is 3.10 bits per heavy atom. The lowest BCUT2D eigenvalue weighted by molar-refractivity contribution is -0.0484. The van der Waals surface area contributed by atoms with E-state index in [1.165, 1.54) is 12.7 Å². The van der Waals surface area contributed by atoms with Crippen LogP contribution >= 0.6 is 0 Å². The molecule has 2 N–H and O–H groups in total. The second-order valence-electron chi connectivity index (χ2n) is 5.00. The molecule has 1 saturated heterocycles. The summed E-state index contributed by atoms with van der Waals surface area (Å²) in [5.74, 6) is 0.183. The lowest BCUT2D eigenvalue weighted by Crippen LogP contribution is -2.26. The van der Waals surface area contributed by atoms with Crippen molar-refractivity contribution in [3.05, 3.63) is 12.7 Å². The Balaban J connectivity index is 2.02. The second kappa shape index (κ2) is 4.99. The molecule has 0 unspecified atom stereocenters. The van der Waals surface area contributed by atoms with Crippen LogP contribution in [-0.4, -0.2) is 38.8 Å². The van der Waals surface area contributed by atoms with Gasteiger partial charge in [0.1, 0.15) is 17.9 Å². The van der Waals surface area contributed by atoms with Crippen LogP contribution in [0.15, 0.2) is 12.7 Å². The highest BCUT2D eigenvalue weighted by Gasteiger charge is 2.42. The van der Waals surface area contributed by atoms with E-state index in [2.05, 4.69) is 15.0 Å². The number of nitrogen functional groups attached to an aromatic ring is 1. The van der Waals surface area contributed by atoms with E-state index in [0.717, 1.165) is 6.42 Å². The van der Waals surface area contributed by atoms with Gasteiger partial charge in [-0.15, -0.1) is 0 Å². The van der Waals surface area contributed by atoms with Crippen LogP contribution in [0.25, 0.3) is 11.2 Å². The molecule has 0 saturated carbocycles. The molecule has 108 valence electrons. The molecule has 0 aromatic carbocycles. The Morgan fingerprint density at radius 1 is 1.50 bits per heavy atom. The Morgan fingerprint density at radius 2 is 2.35 bits per heavy atom. The van der Waals surface area contributed by atoms with E-state index in [-0.39, 0.29) is 17.8 Å². The quantitative estimate of drug-likeness (QED) is 0.913. The minimum Gasteiger partial charge on any atom is -0.382 e. The maximum absolute atomic E-state index is 7.41. The zero-order chi connectivity index (χ0) is 16.8. The maximum atomic E-state index is 7.41. The van der Waals surface area contributed by atoms with Crippen molar-refractivity contribution >= 4 is 17.0 Å². The Kier molecular flexibility index (Phi) is 2.51. The van der Waals surface area contributed by atoms with Crippen molar-refractivity contribution < 1.29 is 13.6 Å². The summed E-state index contributed by atoms with van der Waals surface area (Å²) in [5, 5.41) is 0. The van der Waals surface area contributed by atoms with Gasteiger partial charge in [-0.25, -0.2) is 15.0 Å². The summed E-state index contributed by atoms with van der Waals surface area (Å²) < 4.78 is 35.2. The molecular formula is C13H19N5O2. The summed E-state index contributed by atoms with van der Waals surface area (Å²) in [6.07, 6.45) is 2.24. The van der Waals surface area contributed by atoms with Gasteiger partial charge >= 0.3 is 0 Å². The standard InChI is InChI=1S/C13H19N5O2/c1-4-8-7(2)10(19-3)13(20-8)18-6-17-9-11(14)15-5-16-12(9)18/h5-8,10,13H,4H2,1-3H3,(H2,14,15,16)/t7-,8-,10-,13-/m1/s1/i3D3. The minimum absolute atomic E-state index is 0.0814. The fourth-order valence-electron chi connectivity index (χ4n) is 2.77. The molecule has 1 fully saturated rings. The summed E-state index contributed by atoms with van der Waals surface area (Å²) in [6, 6.07) is 0. The van der Waals surface area contributed by atoms with Gasteiger partial charge in [-0.1, -0.05) is 13.8 Å². The highest BCUT2D eigenvalue weighted by atomic mass is 16.6. The first-order valence-corrected chi connectivity index (χ1v) is 6.58. The van der Waals surface area contributed by atoms with Crippen molar-refractivity contribution in [2.24, 2.45) is 5.92 Å². The summed E-state index contributed by atoms with van der Waals surface area (Å²) in [4.78, 5) is 12.3. The number of methoxy groups -OCH3 is 1. The summed E-state index contributed by atoms with van der Waals surface area (Å²) >= 11 is 0. The topological polar surface area (TPSA) is 88.1 Å². The third-order valence-corrected chi connectivity index (χ3v) is 3.90. The number of rotatable bonds is 3. The third-order valence-electron chi connectivity index (χ3n) is 3.90. The first kappa shape index (κ1) is 10.1. The SMILES string of the molecule is [2H]C([2H])([2H])O[C@@H]1[C@H](C)[C@@H](CC)O[C@H]1n1cnc2c(N)ncnc21. The number of hydrogen-bond acceptors (Lipinski definition) is 6. The van der Waals surface area contributed by atoms with E-state index >= 15 is 0 Å². The van der Waals surface area contributed by atoms with Crippen LogP contribution in [0, 0.1) is 5.92 Å². The van der Waals surface area contributed by atoms with Gasteiger partial charge in [0.2, 0.25) is 0 Å². The maximum Gasteiger partial charge on any atom is 0.167 e. The normalized spacial score (nSPS) is 33.0. The lowest BCUT2D eigenvalue weighted by Gasteiger charge is -2.20. The van der Waals surface area contributed by atoms with Crippen LogP contribution in [0.1, 0.15) is 30.6 Å². The van der Waals surface area contributed by atoms with Crippen LogP contribution in [-0.2, 0) is 9.47 Å². The highest BCUT2D eigenvalue weighted by molar-refractivity contribution is 5.81. The number of nitrogens with zero attached hydrogens (tertiary/aromatic N) is 4. The summed E-state index contributed by atoms with van der Waals surface area (Å²) in [5.41, 5.74) is 6.74. The smallest absolute Gasteiger partial charge is 0.167 e. The number of fused-ring (bicyclic) bond motifs is 1. The predicted octanol–water partition coefficient (Wildman–Crippen LogP) is 1.37. The van der Waals surface area contributed by atoms with Crippen molar-refractivity contribution in [2.45, 2.75) is 38.7 Å². The van der Waals surface area contributed by atoms with Crippen LogP contribution in [0.2, 0.25) is 0 Å². The van der Waals surface area contributed by atoms with Gasteiger partial charge in [0.05, 0.1) is 16.5 Å². The van der Waals surface area contributed by atoms with Gasteiger partial charge in [-0.3, -0.25) is 4.57 Å². The van der Waals surface area contributed by atoms with Crippen molar-refractivity contribution in [1.82, 2.24) is 19.5 Å². The number of anilines is 1. The fourth-order valence-corrected chi connectivity index (χ4v) is 2.77. The zero-order valence-corrected chi connectivity index (χ0v) is 11.4. The number of imidazole rings is 1. The molecule has 0 amide bonds. The monoisotopic (exact) mass is 280 g/mol. The number of ether oxygens (including phenoxy) is 2. The molecule has 20 heavy (non-hydrogen) atoms. The number of hydrogen-bond donors (Lipinski definition) is 1. The molecule has 7 heteroatoms. The lowest BCUT2D eigenvalue weighted by atomic mass is 9.98. The first-order valence-electron chi connectivity index (χ1n) is 8.08. The average molecular weight is 280 g/mol. The van der Waals surface area contributed by atoms with Crippen molar-refractivity contribution in [3.8, 4) is 0 Å². The molecule has 0 radical (unpaired) electrons. The van der Waals surface area contributed by atoms with Crippen molar-refractivity contribution in [1.29, 1.82) is 0 Å². The van der Waals surface area contributed by atoms with Crippen LogP contribution in [0.5, 0.6) is 0 Å². The molecule has 0 aliphatic carbocycles. The molecule has 0 spiro atoms. The van der Waals surface area contributed by atoms with Crippen molar-refractivity contribution in [2.75, 3.05) is 12.8 Å². The number of nitrogens with two attached hydrogens (primary N) is 1. The van der Waals surface area contributed by atoms with E-state index in [9.17, 15) is 0 Å². The third kappa shape index (κ3) is 1.85. The highest BCUT2D eigenvalue weighted by Crippen LogP contribution is 2.38. The molecule has 1 aliphatic rings. The summed E-state index contributed by atoms with van der Waals surface area (Å²) in [7, 11) is -2.51. The molecule has 1 aliphatic heterocycles. The van der Waals surface area contributed by atoms with E-state index in [1.807, 2.05) is 13.8 Å². The van der Waals surface area contributed by atoms with Gasteiger partial charge in [-0.2, -0.15) is 0 Å². The molecule has 2 aromatic rings. The average Bonchev–Trinajstić information content (AvgIpc) is 3.01. The van der Waals surface area contributed by atoms with Crippen LogP contribution in [0.3, 0.4) is 0 Å². The molecule has 3 heterocycles. The Labute approximate surface area is 121 Å². The first-order chi connectivity index (χ1) is 10.8. The van der Waals surface area contributed by atoms with Crippen LogP contribution < -0.4 is 5.73 Å². The molecule has 2 aromatic heterocycles. The van der Waals surface area contributed by atoms with Crippen LogP contribution in [0.4, 0.5) is 5.82 Å². The van der Waals surface area contributed by atoms with E-state index in [4.69, 9.17) is 19.3 Å². The molecular weight excluding hydrogens is 258 g/mol. The van der Waals surface area contributed by atoms with Gasteiger partial charge < -0.3 is 15.2 Å². The second-order valence-corrected chi connectivity index (χ2v) is 5.00. The molecule has 7 nitrogen and oxygen atoms in total. The molecule has 0 bridgehead atoms. The van der Waals surface area contributed by atoms with E-state index in [0.29, 0.717) is 11.2 Å². The van der Waals surface area contributed by atoms with Gasteiger partial charge in [-0.05, 0) is 6.42 Å². The minimum atomic E-state index is -2.51. The molecule has 4 atom stereocenters. The Hall–Kier alpha value is -1.73. The summed E-state index contributed by atoms with van der Waals surface area (Å²) in [6.45, 7) is 3.91. The zero-order valence-electron chi connectivity index (χ0n) is 14.4. The predicted molar refractivity (Wildman–Crippen MR) is 73.9 cm³/mol. The van der Waals surface area contributed by atoms with Crippen molar-refractivity contribution in [3.63, 3.8) is 0 Å². The van der Waals surface area contributed by atoms with Gasteiger partial charge in [0.25, 0.3) is 0 Å². The Bertz CT molecular complexity index is 704. The molecule has 3 rings (SSSR count). The largest absolute Gasteiger partial charge is 0.382 e.